The van der Waals surface area contributed by atoms with Crippen molar-refractivity contribution in [1.29, 1.82) is 0 Å². The van der Waals surface area contributed by atoms with Gasteiger partial charge >= 0.3 is 0 Å². The molecule has 0 atom stereocenters. The molecule has 4 aliphatic rings. The van der Waals surface area contributed by atoms with Gasteiger partial charge in [0.05, 0.1) is 10.8 Å². The van der Waals surface area contributed by atoms with Crippen LogP contribution < -0.4 is 0 Å². The molecule has 0 spiro atoms. The van der Waals surface area contributed by atoms with Crippen LogP contribution in [0, 0.1) is 69.2 Å². The number of fused-ring (bicyclic) bond motifs is 12. The van der Waals surface area contributed by atoms with E-state index < -0.39 is 0 Å². The van der Waals surface area contributed by atoms with Gasteiger partial charge in [0, 0.05) is 10.8 Å². The quantitative estimate of drug-likeness (QED) is 0.0360. The summed E-state index contributed by atoms with van der Waals surface area (Å²) in [7, 11) is 0. The van der Waals surface area contributed by atoms with Gasteiger partial charge in [0.1, 0.15) is 0 Å². The molecule has 0 amide bonds. The van der Waals surface area contributed by atoms with Crippen molar-refractivity contribution in [1.82, 2.24) is 0 Å². The second-order valence-corrected chi connectivity index (χ2v) is 40.2. The van der Waals surface area contributed by atoms with Gasteiger partial charge in [-0.15, -0.1) is 0 Å². The lowest BCUT2D eigenvalue weighted by molar-refractivity contribution is 0.505. The Morgan fingerprint density at radius 2 is 0.450 bits per heavy atom. The van der Waals surface area contributed by atoms with E-state index in [0.717, 1.165) is 6.42 Å². The van der Waals surface area contributed by atoms with Crippen LogP contribution in [0.15, 0.2) is 291 Å². The van der Waals surface area contributed by atoms with E-state index in [1.807, 2.05) is 0 Å². The lowest BCUT2D eigenvalue weighted by Crippen LogP contribution is -2.29. The molecular formula is C131H150. The minimum atomic E-state index is -0.307. The minimum absolute atomic E-state index is 0.0348. The van der Waals surface area contributed by atoms with Gasteiger partial charge in [-0.05, 0) is 279 Å². The summed E-state index contributed by atoms with van der Waals surface area (Å²) in [4.78, 5) is 0. The van der Waals surface area contributed by atoms with Gasteiger partial charge in [-0.2, -0.15) is 0 Å². The number of rotatable bonds is 33. The topological polar surface area (TPSA) is 0 Å². The molecule has 0 N–H and O–H groups in total. The minimum Gasteiger partial charge on any atom is -0.0654 e. The summed E-state index contributed by atoms with van der Waals surface area (Å²) >= 11 is 0. The van der Waals surface area contributed by atoms with Crippen LogP contribution in [0.4, 0.5) is 0 Å². The number of hydrogen-bond acceptors (Lipinski definition) is 0. The first-order valence-corrected chi connectivity index (χ1v) is 51.1. The Morgan fingerprint density at radius 3 is 0.840 bits per heavy atom. The van der Waals surface area contributed by atoms with Gasteiger partial charge < -0.3 is 0 Å². The van der Waals surface area contributed by atoms with Crippen molar-refractivity contribution in [3.8, 4) is 44.5 Å². The van der Waals surface area contributed by atoms with E-state index in [1.54, 1.807) is 0 Å². The molecule has 18 rings (SSSR count). The molecular weight excluding hydrogens is 1570 g/mol. The highest BCUT2D eigenvalue weighted by Gasteiger charge is 2.50. The Bertz CT molecular complexity index is 5950. The van der Waals surface area contributed by atoms with E-state index in [-0.39, 0.29) is 21.7 Å². The van der Waals surface area contributed by atoms with Crippen molar-refractivity contribution in [2.45, 2.75) is 306 Å². The number of unbranched alkanes of at least 4 members (excludes halogenated alkanes) is 17. The zero-order valence-corrected chi connectivity index (χ0v) is 82.8. The van der Waals surface area contributed by atoms with Crippen molar-refractivity contribution in [2.75, 3.05) is 0 Å². The molecule has 0 aliphatic heterocycles. The van der Waals surface area contributed by atoms with Gasteiger partial charge in [-0.25, -0.2) is 0 Å². The Kier molecular flexibility index (Phi) is 31.2. The van der Waals surface area contributed by atoms with Gasteiger partial charge in [-0.1, -0.05) is 497 Å². The van der Waals surface area contributed by atoms with Crippen LogP contribution in [0.2, 0.25) is 0 Å². The summed E-state index contributed by atoms with van der Waals surface area (Å²) in [6.45, 7) is 36.3. The van der Waals surface area contributed by atoms with E-state index in [2.05, 4.69) is 402 Å². The molecule has 0 saturated heterocycles. The van der Waals surface area contributed by atoms with Crippen LogP contribution in [-0.2, 0) is 47.3 Å². The largest absolute Gasteiger partial charge is 0.0714 e. The van der Waals surface area contributed by atoms with Crippen LogP contribution in [0.3, 0.4) is 0 Å². The van der Waals surface area contributed by atoms with E-state index in [9.17, 15) is 0 Å². The third-order valence-electron chi connectivity index (χ3n) is 29.8. The molecule has 0 nitrogen and oxygen atoms in total. The van der Waals surface area contributed by atoms with Crippen LogP contribution in [0.1, 0.15) is 345 Å². The highest BCUT2D eigenvalue weighted by atomic mass is 14.5. The fraction of sp³-hybridized carbons (Fsp3) is 0.359. The first-order chi connectivity index (χ1) is 63.7. The summed E-state index contributed by atoms with van der Waals surface area (Å²) in [5, 5.41) is 0. The first-order valence-electron chi connectivity index (χ1n) is 51.1. The molecule has 0 bridgehead atoms. The predicted octanol–water partition coefficient (Wildman–Crippen LogP) is 36.4. The summed E-state index contributed by atoms with van der Waals surface area (Å²) in [6, 6.07) is 112. The second kappa shape index (κ2) is 43.2. The summed E-state index contributed by atoms with van der Waals surface area (Å²) in [5.74, 6) is 0. The highest BCUT2D eigenvalue weighted by Crippen LogP contribution is 2.61. The lowest BCUT2D eigenvalue weighted by atomic mass is 9.66. The molecule has 14 aromatic rings. The fourth-order valence-electron chi connectivity index (χ4n) is 23.1. The Balaban J connectivity index is 0.000000134. The Hall–Kier alpha value is -10.9. The number of hydrogen-bond donors (Lipinski definition) is 0. The van der Waals surface area contributed by atoms with E-state index >= 15 is 0 Å². The molecule has 0 aromatic heterocycles. The molecule has 4 aliphatic carbocycles. The summed E-state index contributed by atoms with van der Waals surface area (Å²) in [6.07, 6.45) is 35.0. The maximum Gasteiger partial charge on any atom is 0.0714 e. The van der Waals surface area contributed by atoms with E-state index in [0.29, 0.717) is 0 Å². The second-order valence-electron chi connectivity index (χ2n) is 40.2. The van der Waals surface area contributed by atoms with E-state index in [1.165, 1.54) is 367 Å². The number of benzene rings is 14. The normalized spacial score (nSPS) is 13.6. The van der Waals surface area contributed by atoms with Crippen molar-refractivity contribution in [2.24, 2.45) is 0 Å². The van der Waals surface area contributed by atoms with Crippen LogP contribution in [-0.4, -0.2) is 0 Å². The number of aryl methyl sites for hydroxylation is 14. The van der Waals surface area contributed by atoms with Crippen molar-refractivity contribution < 1.29 is 0 Å². The highest BCUT2D eigenvalue weighted by molar-refractivity contribution is 5.90. The molecule has 0 heterocycles. The third kappa shape index (κ3) is 19.9. The Labute approximate surface area is 791 Å². The van der Waals surface area contributed by atoms with Crippen molar-refractivity contribution >= 4 is 0 Å². The van der Waals surface area contributed by atoms with Gasteiger partial charge in [0.25, 0.3) is 0 Å². The maximum atomic E-state index is 2.56. The molecule has 0 fully saturated rings. The monoisotopic (exact) mass is 1720 g/mol. The van der Waals surface area contributed by atoms with Crippen LogP contribution >= 0.6 is 0 Å². The Morgan fingerprint density at radius 1 is 0.176 bits per heavy atom. The zero-order chi connectivity index (χ0) is 91.8. The van der Waals surface area contributed by atoms with Gasteiger partial charge in [0.2, 0.25) is 0 Å². The molecule has 131 heavy (non-hydrogen) atoms. The van der Waals surface area contributed by atoms with Crippen LogP contribution in [0.5, 0.6) is 0 Å². The van der Waals surface area contributed by atoms with Gasteiger partial charge in [-0.3, -0.25) is 0 Å². The predicted molar refractivity (Wildman–Crippen MR) is 566 cm³/mol. The average Bonchev–Trinajstić information content (AvgIpc) is 1.51. The first kappa shape index (κ1) is 94.7. The summed E-state index contributed by atoms with van der Waals surface area (Å²) in [5.41, 5.74) is 50.0. The van der Waals surface area contributed by atoms with Gasteiger partial charge in [0.15, 0.2) is 0 Å². The average molecular weight is 1720 g/mol. The SMILES string of the molecule is CCCCCCCCC1(c2cccc(CCCCCC)c2)c2cc(C)ccc2-c2ccc(C)cc21.CCCCCCc1cc(C)cc(C2(c3cccc(C)c3)c3cc(C)ccc3-c3ccc(C)cc32)c1.CCCCCCc1cc(CCCCCC)cc(C2(C)c3cc(C)ccc3-c3ccc(C)cc32)c1.Cc1ccc2c(c1)C(c1ccccc1)(c1ccccc1)c1cc(C)ccc1-2. The van der Waals surface area contributed by atoms with Crippen molar-refractivity contribution in [3.63, 3.8) is 0 Å². The smallest absolute Gasteiger partial charge is 0.0654 e. The lowest BCUT2D eigenvalue weighted by Gasteiger charge is -2.35. The van der Waals surface area contributed by atoms with Crippen molar-refractivity contribution in [3.05, 3.63) is 447 Å². The standard InChI is InChI=1S/C35H38.C35H46.C34H44.C27H22/c1-6-7-8-9-12-28-18-27(5)20-30(23-28)35(29-13-10-11-24(2)19-29)33-21-25(3)14-16-31(33)32-17-15-26(4)22-34(32)35;1-5-7-9-11-12-14-23-35(30-18-15-17-29(26-30)16-13-10-8-6-2)33-24-27(3)19-21-31(33)32-22-20-28(4)25-34(32)35;1-6-8-10-12-14-27-22-28(15-13-11-9-7-2)24-29(23-27)34(5)32-20-25(3)16-18-30(32)31-19-17-26(4)21-33(31)34;1-19-13-15-23-24-16-14-20(2)18-26(24)27(25(23)17-19,21-9-5-3-6-10-21)22-11-7-4-8-12-22/h10-11,13-23H,6-9,12H2,1-5H3;15,17-22,24-26H,5-14,16,23H2,1-4H3;16-24H,6-15H2,1-5H3;3-18H,1-2H3. The third-order valence-corrected chi connectivity index (χ3v) is 29.8. The van der Waals surface area contributed by atoms with Crippen LogP contribution in [0.25, 0.3) is 44.5 Å². The summed E-state index contributed by atoms with van der Waals surface area (Å²) < 4.78 is 0. The zero-order valence-electron chi connectivity index (χ0n) is 82.8. The molecule has 0 unspecified atom stereocenters. The fourth-order valence-corrected chi connectivity index (χ4v) is 23.1. The molecule has 0 heteroatoms. The maximum absolute atomic E-state index is 2.56. The van der Waals surface area contributed by atoms with E-state index in [4.69, 9.17) is 0 Å². The molecule has 674 valence electrons. The molecule has 0 radical (unpaired) electrons. The molecule has 14 aromatic carbocycles. The molecule has 0 saturated carbocycles.